The summed E-state index contributed by atoms with van der Waals surface area (Å²) >= 11 is 0. The number of hydrogen-bond donors (Lipinski definition) is 0. The van der Waals surface area contributed by atoms with Crippen molar-refractivity contribution in [2.24, 2.45) is 0 Å². The van der Waals surface area contributed by atoms with Gasteiger partial charge in [0.05, 0.1) is 0 Å². The molecule has 0 radical (unpaired) electrons. The average molecular weight is 106 g/mol. The van der Waals surface area contributed by atoms with E-state index in [2.05, 4.69) is 13.2 Å². The molecule has 0 N–H and O–H groups in total. The average Bonchev–Trinajstić information content (AvgIpc) is 2.23. The van der Waals surface area contributed by atoms with Gasteiger partial charge in [0.1, 0.15) is 0 Å². The molecule has 0 unspecified atom stereocenters. The first-order valence-electron chi connectivity index (χ1n) is 2.49. The number of ether oxygens (including phenoxy) is 1. The van der Waals surface area contributed by atoms with Gasteiger partial charge in [0, 0.05) is 13.2 Å². The summed E-state index contributed by atoms with van der Waals surface area (Å²) in [5, 5.41) is 0. The molecular weight excluding hydrogens is 95.0 g/mol. The monoisotopic (exact) mass is 106 g/mol. The minimum Gasteiger partial charge on any atom is -0.521 e. The van der Waals surface area contributed by atoms with Crippen molar-refractivity contribution >= 4 is 0 Å². The molecule has 1 heterocycles. The minimum absolute atomic E-state index is 0. The second-order valence-corrected chi connectivity index (χ2v) is 1.32. The van der Waals surface area contributed by atoms with Gasteiger partial charge >= 0.3 is 18.9 Å². The van der Waals surface area contributed by atoms with Crippen molar-refractivity contribution in [1.82, 2.24) is 0 Å². The predicted octanol–water partition coefficient (Wildman–Crippen LogP) is -1.59. The van der Waals surface area contributed by atoms with E-state index >= 15 is 0 Å². The molecule has 1 fully saturated rings. The van der Waals surface area contributed by atoms with Crippen molar-refractivity contribution in [3.63, 3.8) is 0 Å². The standard InChI is InChI=1S/C4H8O.C2H3.Li/c1-2-4-5-3-1;1-2;/h1-4H2;1H,2H2;/q;-1;+1. The summed E-state index contributed by atoms with van der Waals surface area (Å²) in [5.41, 5.74) is 0. The summed E-state index contributed by atoms with van der Waals surface area (Å²) in [6.45, 7) is 9.00. The van der Waals surface area contributed by atoms with Crippen molar-refractivity contribution < 1.29 is 23.6 Å². The Kier molecular flexibility index (Phi) is 14.4. The fraction of sp³-hybridized carbons (Fsp3) is 0.667. The van der Waals surface area contributed by atoms with Gasteiger partial charge in [-0.1, -0.05) is 0 Å². The van der Waals surface area contributed by atoms with Gasteiger partial charge in [-0.3, -0.25) is 6.58 Å². The van der Waals surface area contributed by atoms with Crippen molar-refractivity contribution in [2.45, 2.75) is 12.8 Å². The molecule has 0 aromatic heterocycles. The summed E-state index contributed by atoms with van der Waals surface area (Å²) in [7, 11) is 0. The molecule has 0 amide bonds. The topological polar surface area (TPSA) is 9.23 Å². The van der Waals surface area contributed by atoms with E-state index in [4.69, 9.17) is 4.74 Å². The zero-order valence-corrected chi connectivity index (χ0v) is 5.52. The van der Waals surface area contributed by atoms with Gasteiger partial charge in [-0.05, 0) is 12.8 Å². The first-order chi connectivity index (χ1) is 3.50. The van der Waals surface area contributed by atoms with Crippen LogP contribution in [0.25, 0.3) is 0 Å². The van der Waals surface area contributed by atoms with E-state index in [1.807, 2.05) is 0 Å². The van der Waals surface area contributed by atoms with Crippen LogP contribution in [-0.4, -0.2) is 13.2 Å². The Bertz CT molecular complexity index is 27.9. The SMILES string of the molecule is C1CCOC1.[CH-]=C.[Li+]. The van der Waals surface area contributed by atoms with Crippen LogP contribution in [0.15, 0.2) is 6.58 Å². The maximum atomic E-state index is 4.94. The van der Waals surface area contributed by atoms with Crippen LogP contribution in [-0.2, 0) is 4.74 Å². The third-order valence-electron chi connectivity index (χ3n) is 0.827. The summed E-state index contributed by atoms with van der Waals surface area (Å²) in [6, 6.07) is 0. The summed E-state index contributed by atoms with van der Waals surface area (Å²) in [5.74, 6) is 0. The van der Waals surface area contributed by atoms with Crippen LogP contribution in [0.5, 0.6) is 0 Å². The Morgan fingerprint density at radius 2 is 1.50 bits per heavy atom. The molecule has 1 nitrogen and oxygen atoms in total. The molecule has 0 bridgehead atoms. The van der Waals surface area contributed by atoms with Crippen LogP contribution in [0.2, 0.25) is 0 Å². The van der Waals surface area contributed by atoms with E-state index in [1.165, 1.54) is 12.8 Å². The Labute approximate surface area is 63.3 Å². The molecule has 2 heteroatoms. The van der Waals surface area contributed by atoms with Gasteiger partial charge < -0.3 is 11.3 Å². The Morgan fingerprint density at radius 1 is 1.12 bits per heavy atom. The van der Waals surface area contributed by atoms with E-state index in [0.29, 0.717) is 0 Å². The minimum atomic E-state index is 0. The first kappa shape index (κ1) is 11.1. The molecular formula is C6H11LiO. The van der Waals surface area contributed by atoms with Gasteiger partial charge in [-0.25, -0.2) is 0 Å². The smallest absolute Gasteiger partial charge is 0.521 e. The quantitative estimate of drug-likeness (QED) is 0.267. The maximum absolute atomic E-state index is 4.94. The van der Waals surface area contributed by atoms with Crippen LogP contribution in [0.1, 0.15) is 12.8 Å². The zero-order valence-electron chi connectivity index (χ0n) is 5.52. The van der Waals surface area contributed by atoms with Crippen molar-refractivity contribution in [1.29, 1.82) is 0 Å². The molecule has 1 aliphatic heterocycles. The van der Waals surface area contributed by atoms with E-state index in [9.17, 15) is 0 Å². The molecule has 0 aromatic carbocycles. The van der Waals surface area contributed by atoms with Crippen LogP contribution >= 0.6 is 0 Å². The van der Waals surface area contributed by atoms with Gasteiger partial charge in [0.25, 0.3) is 0 Å². The first-order valence-corrected chi connectivity index (χ1v) is 2.49. The van der Waals surface area contributed by atoms with Crippen LogP contribution in [0.4, 0.5) is 0 Å². The van der Waals surface area contributed by atoms with Crippen LogP contribution in [0.3, 0.4) is 0 Å². The van der Waals surface area contributed by atoms with Crippen molar-refractivity contribution in [3.8, 4) is 0 Å². The van der Waals surface area contributed by atoms with Crippen LogP contribution in [0, 0.1) is 6.58 Å². The van der Waals surface area contributed by atoms with Gasteiger partial charge in [0.15, 0.2) is 0 Å². The zero-order chi connectivity index (χ0) is 5.54. The molecule has 1 rings (SSSR count). The van der Waals surface area contributed by atoms with Crippen molar-refractivity contribution in [3.05, 3.63) is 13.2 Å². The fourth-order valence-electron chi connectivity index (χ4n) is 0.510. The molecule has 42 valence electrons. The molecule has 1 aliphatic rings. The summed E-state index contributed by atoms with van der Waals surface area (Å²) < 4.78 is 4.94. The number of hydrogen-bond acceptors (Lipinski definition) is 1. The third-order valence-corrected chi connectivity index (χ3v) is 0.827. The maximum Gasteiger partial charge on any atom is 1.00 e. The second-order valence-electron chi connectivity index (χ2n) is 1.32. The molecule has 0 aromatic rings. The third kappa shape index (κ3) is 6.30. The van der Waals surface area contributed by atoms with Gasteiger partial charge in [-0.2, -0.15) is 0 Å². The molecule has 1 saturated heterocycles. The van der Waals surface area contributed by atoms with E-state index < -0.39 is 0 Å². The molecule has 0 aliphatic carbocycles. The van der Waals surface area contributed by atoms with Gasteiger partial charge in [0.2, 0.25) is 0 Å². The summed E-state index contributed by atoms with van der Waals surface area (Å²) in [6.07, 6.45) is 2.56. The predicted molar refractivity (Wildman–Crippen MR) is 30.0 cm³/mol. The van der Waals surface area contributed by atoms with E-state index in [0.717, 1.165) is 13.2 Å². The Morgan fingerprint density at radius 3 is 1.62 bits per heavy atom. The van der Waals surface area contributed by atoms with Crippen LogP contribution < -0.4 is 18.9 Å². The van der Waals surface area contributed by atoms with E-state index in [-0.39, 0.29) is 18.9 Å². The second kappa shape index (κ2) is 10.3. The Hall–Kier alpha value is 0.297. The van der Waals surface area contributed by atoms with Crippen molar-refractivity contribution in [2.75, 3.05) is 13.2 Å². The largest absolute Gasteiger partial charge is 1.00 e. The Balaban J connectivity index is 0. The molecule has 0 saturated carbocycles. The molecule has 0 atom stereocenters. The normalized spacial score (nSPS) is 15.5. The van der Waals surface area contributed by atoms with Gasteiger partial charge in [-0.15, -0.1) is 0 Å². The van der Waals surface area contributed by atoms with E-state index in [1.54, 1.807) is 0 Å². The fourth-order valence-corrected chi connectivity index (χ4v) is 0.510. The molecule has 0 spiro atoms. The summed E-state index contributed by atoms with van der Waals surface area (Å²) in [4.78, 5) is 0. The molecule has 8 heavy (non-hydrogen) atoms. The number of rotatable bonds is 0.